The van der Waals surface area contributed by atoms with E-state index in [-0.39, 0.29) is 28.5 Å². The van der Waals surface area contributed by atoms with E-state index in [9.17, 15) is 22.8 Å². The molecular weight excluding hydrogens is 474 g/mol. The molecule has 10 nitrogen and oxygen atoms in total. The van der Waals surface area contributed by atoms with Gasteiger partial charge in [0.05, 0.1) is 22.9 Å². The lowest BCUT2D eigenvalue weighted by Gasteiger charge is -2.37. The van der Waals surface area contributed by atoms with Crippen LogP contribution < -0.4 is 20.1 Å². The van der Waals surface area contributed by atoms with Crippen molar-refractivity contribution in [1.29, 1.82) is 0 Å². The Morgan fingerprint density at radius 3 is 2.34 bits per heavy atom. The van der Waals surface area contributed by atoms with E-state index in [1.165, 1.54) is 47.4 Å². The molecule has 0 aliphatic carbocycles. The average Bonchev–Trinajstić information content (AvgIpc) is 2.83. The first-order valence-electron chi connectivity index (χ1n) is 10.5. The van der Waals surface area contributed by atoms with Gasteiger partial charge in [0.25, 0.3) is 11.8 Å². The fourth-order valence-electron chi connectivity index (χ4n) is 3.67. The number of nitrogens with one attached hydrogen (secondary N) is 1. The number of rotatable bonds is 5. The number of hydrogen-bond acceptors (Lipinski definition) is 7. The molecule has 0 radical (unpaired) electrons. The maximum atomic E-state index is 13.7. The number of hydrogen-bond donors (Lipinski definition) is 2. The van der Waals surface area contributed by atoms with Crippen LogP contribution in [-0.4, -0.2) is 33.0 Å². The zero-order valence-corrected chi connectivity index (χ0v) is 19.3. The van der Waals surface area contributed by atoms with Gasteiger partial charge in [0.2, 0.25) is 10.0 Å². The van der Waals surface area contributed by atoms with Gasteiger partial charge in [-0.15, -0.1) is 0 Å². The number of carbonyl (C=O) groups excluding carboxylic acids is 3. The molecule has 0 fully saturated rings. The molecule has 11 heteroatoms. The van der Waals surface area contributed by atoms with Crippen LogP contribution in [0.5, 0.6) is 5.75 Å². The zero-order chi connectivity index (χ0) is 25.2. The maximum absolute atomic E-state index is 13.7. The second kappa shape index (κ2) is 9.57. The van der Waals surface area contributed by atoms with Crippen molar-refractivity contribution in [2.24, 2.45) is 5.14 Å². The molecule has 0 saturated heterocycles. The Hall–Kier alpha value is -4.22. The topological polar surface area (TPSA) is 145 Å². The molecule has 3 N–H and O–H groups in total. The van der Waals surface area contributed by atoms with Gasteiger partial charge in [0, 0.05) is 5.56 Å². The summed E-state index contributed by atoms with van der Waals surface area (Å²) in [6.07, 6.45) is -0.872. The van der Waals surface area contributed by atoms with Gasteiger partial charge in [0.15, 0.2) is 0 Å². The molecule has 1 heterocycles. The van der Waals surface area contributed by atoms with Crippen molar-refractivity contribution in [3.8, 4) is 5.75 Å². The summed E-state index contributed by atoms with van der Waals surface area (Å²) in [7, 11) is -4.03. The molecule has 1 aliphatic rings. The average molecular weight is 496 g/mol. The Bertz CT molecular complexity index is 1390. The van der Waals surface area contributed by atoms with Crippen LogP contribution in [0.15, 0.2) is 77.7 Å². The molecule has 0 aromatic heterocycles. The van der Waals surface area contributed by atoms with E-state index in [1.807, 2.05) is 0 Å². The molecule has 180 valence electrons. The highest BCUT2D eigenvalue weighted by molar-refractivity contribution is 7.89. The predicted octanol–water partition coefficient (Wildman–Crippen LogP) is 3.21. The van der Waals surface area contributed by atoms with Crippen molar-refractivity contribution in [2.45, 2.75) is 17.9 Å². The Morgan fingerprint density at radius 1 is 1.03 bits per heavy atom. The Kier molecular flexibility index (Phi) is 6.54. The van der Waals surface area contributed by atoms with Gasteiger partial charge in [-0.25, -0.2) is 18.4 Å². The van der Waals surface area contributed by atoms with E-state index in [0.717, 1.165) is 0 Å². The standard InChI is InChI=1S/C24H21N3O7S/c1-2-33-24(30)34-17-10-8-16(9-11-17)23(29)27-20-13-12-18(35(25,31)32)14-19(20)26-22(28)21(27)15-6-4-3-5-7-15/h3-14,21H,2H2,1H3,(H,26,28)(H2,25,31,32). The van der Waals surface area contributed by atoms with Crippen molar-refractivity contribution in [1.82, 2.24) is 0 Å². The lowest BCUT2D eigenvalue weighted by atomic mass is 9.99. The second-order valence-corrected chi connectivity index (χ2v) is 9.07. The van der Waals surface area contributed by atoms with E-state index >= 15 is 0 Å². The van der Waals surface area contributed by atoms with E-state index in [0.29, 0.717) is 11.3 Å². The van der Waals surface area contributed by atoms with Gasteiger partial charge in [-0.1, -0.05) is 30.3 Å². The van der Waals surface area contributed by atoms with Crippen molar-refractivity contribution in [3.63, 3.8) is 0 Å². The molecular formula is C24H21N3O7S. The van der Waals surface area contributed by atoms with Gasteiger partial charge in [-0.05, 0) is 55.0 Å². The highest BCUT2D eigenvalue weighted by Gasteiger charge is 2.39. The molecule has 4 rings (SSSR count). The molecule has 35 heavy (non-hydrogen) atoms. The van der Waals surface area contributed by atoms with Crippen LogP contribution in [-0.2, 0) is 19.6 Å². The minimum absolute atomic E-state index is 0.129. The Labute approximate surface area is 201 Å². The van der Waals surface area contributed by atoms with Crippen LogP contribution in [0.3, 0.4) is 0 Å². The maximum Gasteiger partial charge on any atom is 0.513 e. The van der Waals surface area contributed by atoms with Crippen molar-refractivity contribution >= 4 is 39.4 Å². The van der Waals surface area contributed by atoms with Crippen LogP contribution in [0.1, 0.15) is 28.9 Å². The molecule has 1 aliphatic heterocycles. The van der Waals surface area contributed by atoms with Crippen molar-refractivity contribution in [3.05, 3.63) is 83.9 Å². The summed E-state index contributed by atoms with van der Waals surface area (Å²) in [6, 6.07) is 17.3. The highest BCUT2D eigenvalue weighted by Crippen LogP contribution is 2.40. The highest BCUT2D eigenvalue weighted by atomic mass is 32.2. The van der Waals surface area contributed by atoms with Crippen LogP contribution in [0, 0.1) is 0 Å². The van der Waals surface area contributed by atoms with Gasteiger partial charge >= 0.3 is 6.16 Å². The first-order valence-corrected chi connectivity index (χ1v) is 12.0. The lowest BCUT2D eigenvalue weighted by molar-refractivity contribution is -0.117. The number of fused-ring (bicyclic) bond motifs is 1. The molecule has 0 spiro atoms. The number of ether oxygens (including phenoxy) is 2. The monoisotopic (exact) mass is 495 g/mol. The van der Waals surface area contributed by atoms with Crippen LogP contribution >= 0.6 is 0 Å². The molecule has 1 unspecified atom stereocenters. The summed E-state index contributed by atoms with van der Waals surface area (Å²) in [6.45, 7) is 1.80. The smallest absolute Gasteiger partial charge is 0.434 e. The molecule has 2 amide bonds. The van der Waals surface area contributed by atoms with Gasteiger partial charge in [0.1, 0.15) is 11.8 Å². The molecule has 3 aromatic rings. The molecule has 3 aromatic carbocycles. The largest absolute Gasteiger partial charge is 0.513 e. The van der Waals surface area contributed by atoms with Crippen LogP contribution in [0.2, 0.25) is 0 Å². The minimum atomic E-state index is -4.03. The van der Waals surface area contributed by atoms with E-state index in [2.05, 4.69) is 5.32 Å². The number of benzene rings is 3. The number of carbonyl (C=O) groups is 3. The third-order valence-electron chi connectivity index (χ3n) is 5.22. The summed E-state index contributed by atoms with van der Waals surface area (Å²) in [4.78, 5) is 39.4. The van der Waals surface area contributed by atoms with Crippen LogP contribution in [0.4, 0.5) is 16.2 Å². The SMILES string of the molecule is CCOC(=O)Oc1ccc(C(=O)N2c3ccc(S(N)(=O)=O)cc3NC(=O)C2c2ccccc2)cc1. The van der Waals surface area contributed by atoms with E-state index in [1.54, 1.807) is 37.3 Å². The summed E-state index contributed by atoms with van der Waals surface area (Å²) < 4.78 is 33.4. The Morgan fingerprint density at radius 2 is 1.71 bits per heavy atom. The first kappa shape index (κ1) is 23.9. The fraction of sp³-hybridized carbons (Fsp3) is 0.125. The summed E-state index contributed by atoms with van der Waals surface area (Å²) in [5.74, 6) is -0.874. The molecule has 1 atom stereocenters. The van der Waals surface area contributed by atoms with E-state index in [4.69, 9.17) is 14.6 Å². The lowest BCUT2D eigenvalue weighted by Crippen LogP contribution is -2.45. The first-order chi connectivity index (χ1) is 16.7. The second-order valence-electron chi connectivity index (χ2n) is 7.51. The number of amides is 2. The number of nitrogens with zero attached hydrogens (tertiary/aromatic N) is 1. The fourth-order valence-corrected chi connectivity index (χ4v) is 4.21. The number of sulfonamides is 1. The summed E-state index contributed by atoms with van der Waals surface area (Å²) in [5, 5.41) is 7.91. The summed E-state index contributed by atoms with van der Waals surface area (Å²) in [5.41, 5.74) is 1.19. The minimum Gasteiger partial charge on any atom is -0.434 e. The molecule has 0 saturated carbocycles. The normalized spacial score (nSPS) is 15.1. The van der Waals surface area contributed by atoms with Crippen LogP contribution in [0.25, 0.3) is 0 Å². The third kappa shape index (κ3) is 5.00. The third-order valence-corrected chi connectivity index (χ3v) is 6.13. The van der Waals surface area contributed by atoms with Gasteiger partial charge in [-0.3, -0.25) is 14.5 Å². The van der Waals surface area contributed by atoms with E-state index < -0.39 is 34.0 Å². The molecule has 0 bridgehead atoms. The number of nitrogens with two attached hydrogens (primary N) is 1. The number of primary sulfonamides is 1. The zero-order valence-electron chi connectivity index (χ0n) is 18.5. The summed E-state index contributed by atoms with van der Waals surface area (Å²) >= 11 is 0. The quantitative estimate of drug-likeness (QED) is 0.408. The van der Waals surface area contributed by atoms with Crippen molar-refractivity contribution in [2.75, 3.05) is 16.8 Å². The van der Waals surface area contributed by atoms with Crippen molar-refractivity contribution < 1.29 is 32.3 Å². The van der Waals surface area contributed by atoms with Gasteiger partial charge < -0.3 is 14.8 Å². The van der Waals surface area contributed by atoms with Gasteiger partial charge in [-0.2, -0.15) is 0 Å². The Balaban J connectivity index is 1.76. The predicted molar refractivity (Wildman–Crippen MR) is 127 cm³/mol. The number of anilines is 2.